The number of H-pyrrole nitrogens is 1. The number of aliphatic hydroxyl groups is 1. The molecule has 124 valence electrons. The molecule has 0 aliphatic carbocycles. The number of hydrogen-bond acceptors (Lipinski definition) is 2. The number of aliphatic hydroxyl groups excluding tert-OH is 1. The molecule has 24 heavy (non-hydrogen) atoms. The number of halogens is 2. The van der Waals surface area contributed by atoms with E-state index in [1.807, 2.05) is 12.1 Å². The average Bonchev–Trinajstić information content (AvgIpc) is 2.96. The maximum atomic E-state index is 13.8. The maximum absolute atomic E-state index is 13.8. The molecule has 2 aromatic carbocycles. The Morgan fingerprint density at radius 3 is 2.58 bits per heavy atom. The van der Waals surface area contributed by atoms with Crippen LogP contribution in [0.4, 0.5) is 8.78 Å². The number of nitrogens with one attached hydrogen (secondary N) is 1. The van der Waals surface area contributed by atoms with Gasteiger partial charge in [-0.1, -0.05) is 24.3 Å². The minimum atomic E-state index is -1.36. The maximum Gasteiger partial charge on any atom is 0.311 e. The van der Waals surface area contributed by atoms with Crippen LogP contribution in [0, 0.1) is 11.6 Å². The summed E-state index contributed by atoms with van der Waals surface area (Å²) in [5, 5.41) is 20.5. The Kier molecular flexibility index (Phi) is 4.31. The van der Waals surface area contributed by atoms with E-state index in [-0.39, 0.29) is 12.0 Å². The minimum Gasteiger partial charge on any atom is -0.481 e. The first kappa shape index (κ1) is 16.1. The number of aromatic nitrogens is 1. The highest BCUT2D eigenvalue weighted by molar-refractivity contribution is 5.89. The molecule has 0 aliphatic heterocycles. The summed E-state index contributed by atoms with van der Waals surface area (Å²) in [4.78, 5) is 14.7. The molecule has 0 spiro atoms. The SMILES string of the molecule is O=C(O)C(CC(O)c1ccc(F)cc1F)c1c[nH]c2ccccc12. The van der Waals surface area contributed by atoms with Crippen molar-refractivity contribution >= 4 is 16.9 Å². The van der Waals surface area contributed by atoms with Gasteiger partial charge in [-0.25, -0.2) is 8.78 Å². The van der Waals surface area contributed by atoms with Crippen molar-refractivity contribution in [1.82, 2.24) is 4.98 Å². The van der Waals surface area contributed by atoms with Crippen LogP contribution in [0.2, 0.25) is 0 Å². The zero-order chi connectivity index (χ0) is 17.3. The largest absolute Gasteiger partial charge is 0.481 e. The van der Waals surface area contributed by atoms with Gasteiger partial charge in [-0.15, -0.1) is 0 Å². The highest BCUT2D eigenvalue weighted by atomic mass is 19.1. The predicted molar refractivity (Wildman–Crippen MR) is 84.6 cm³/mol. The van der Waals surface area contributed by atoms with E-state index in [1.54, 1.807) is 18.3 Å². The molecule has 0 aliphatic rings. The molecule has 6 heteroatoms. The number of hydrogen-bond donors (Lipinski definition) is 3. The third-order valence-electron chi connectivity index (χ3n) is 4.08. The Hall–Kier alpha value is -2.73. The first-order valence-corrected chi connectivity index (χ1v) is 7.39. The van der Waals surface area contributed by atoms with Gasteiger partial charge in [-0.05, 0) is 24.1 Å². The number of rotatable bonds is 5. The Morgan fingerprint density at radius 1 is 1.12 bits per heavy atom. The number of carboxylic acids is 1. The van der Waals surface area contributed by atoms with Crippen molar-refractivity contribution in [2.45, 2.75) is 18.4 Å². The van der Waals surface area contributed by atoms with Gasteiger partial charge in [0.15, 0.2) is 0 Å². The zero-order valence-electron chi connectivity index (χ0n) is 12.5. The lowest BCUT2D eigenvalue weighted by Crippen LogP contribution is -2.16. The fourth-order valence-corrected chi connectivity index (χ4v) is 2.87. The third-order valence-corrected chi connectivity index (χ3v) is 4.08. The van der Waals surface area contributed by atoms with Crippen molar-refractivity contribution in [3.63, 3.8) is 0 Å². The lowest BCUT2D eigenvalue weighted by atomic mass is 9.90. The fraction of sp³-hybridized carbons (Fsp3) is 0.167. The van der Waals surface area contributed by atoms with Gasteiger partial charge in [0.1, 0.15) is 11.6 Å². The summed E-state index contributed by atoms with van der Waals surface area (Å²) in [5.74, 6) is -3.80. The van der Waals surface area contributed by atoms with Gasteiger partial charge < -0.3 is 15.2 Å². The molecule has 2 unspecified atom stereocenters. The zero-order valence-corrected chi connectivity index (χ0v) is 12.5. The van der Waals surface area contributed by atoms with E-state index in [2.05, 4.69) is 4.98 Å². The Balaban J connectivity index is 1.93. The van der Waals surface area contributed by atoms with Crippen molar-refractivity contribution in [3.8, 4) is 0 Å². The Labute approximate surface area is 136 Å². The second kappa shape index (κ2) is 6.41. The van der Waals surface area contributed by atoms with Crippen LogP contribution in [0.3, 0.4) is 0 Å². The number of aliphatic carboxylic acids is 1. The van der Waals surface area contributed by atoms with Gasteiger partial charge in [0.25, 0.3) is 0 Å². The van der Waals surface area contributed by atoms with E-state index >= 15 is 0 Å². The summed E-state index contributed by atoms with van der Waals surface area (Å²) in [6, 6.07) is 10.0. The molecule has 3 rings (SSSR count). The van der Waals surface area contributed by atoms with E-state index < -0.39 is 29.6 Å². The average molecular weight is 331 g/mol. The fourth-order valence-electron chi connectivity index (χ4n) is 2.87. The van der Waals surface area contributed by atoms with E-state index in [0.717, 1.165) is 23.0 Å². The number of carbonyl (C=O) groups is 1. The molecule has 2 atom stereocenters. The highest BCUT2D eigenvalue weighted by Gasteiger charge is 2.27. The van der Waals surface area contributed by atoms with Crippen molar-refractivity contribution in [1.29, 1.82) is 0 Å². The molecule has 0 saturated carbocycles. The number of carboxylic acid groups (broad SMARTS) is 1. The molecule has 0 bridgehead atoms. The molecule has 0 amide bonds. The van der Waals surface area contributed by atoms with Crippen LogP contribution >= 0.6 is 0 Å². The van der Waals surface area contributed by atoms with Crippen LogP contribution in [0.1, 0.15) is 29.6 Å². The topological polar surface area (TPSA) is 73.3 Å². The first-order valence-electron chi connectivity index (χ1n) is 7.39. The molecule has 1 aromatic heterocycles. The van der Waals surface area contributed by atoms with Crippen molar-refractivity contribution < 1.29 is 23.8 Å². The van der Waals surface area contributed by atoms with E-state index in [4.69, 9.17) is 0 Å². The second-order valence-electron chi connectivity index (χ2n) is 5.60. The van der Waals surface area contributed by atoms with Crippen LogP contribution in [0.5, 0.6) is 0 Å². The summed E-state index contributed by atoms with van der Waals surface area (Å²) >= 11 is 0. The van der Waals surface area contributed by atoms with E-state index in [1.165, 1.54) is 0 Å². The minimum absolute atomic E-state index is 0.123. The van der Waals surface area contributed by atoms with Gasteiger partial charge >= 0.3 is 5.97 Å². The molecule has 0 radical (unpaired) electrons. The number of para-hydroxylation sites is 1. The quantitative estimate of drug-likeness (QED) is 0.667. The molecular weight excluding hydrogens is 316 g/mol. The number of fused-ring (bicyclic) bond motifs is 1. The van der Waals surface area contributed by atoms with Crippen LogP contribution in [-0.4, -0.2) is 21.2 Å². The predicted octanol–water partition coefficient (Wildman–Crippen LogP) is 3.74. The lowest BCUT2D eigenvalue weighted by molar-refractivity contribution is -0.139. The Morgan fingerprint density at radius 2 is 1.88 bits per heavy atom. The van der Waals surface area contributed by atoms with Gasteiger partial charge in [-0.2, -0.15) is 0 Å². The third kappa shape index (κ3) is 3.00. The van der Waals surface area contributed by atoms with Crippen LogP contribution in [-0.2, 0) is 4.79 Å². The van der Waals surface area contributed by atoms with Crippen LogP contribution in [0.25, 0.3) is 10.9 Å². The Bertz CT molecular complexity index is 891. The van der Waals surface area contributed by atoms with Crippen molar-refractivity contribution in [3.05, 3.63) is 71.4 Å². The summed E-state index contributed by atoms with van der Waals surface area (Å²) in [7, 11) is 0. The molecule has 0 saturated heterocycles. The summed E-state index contributed by atoms with van der Waals surface area (Å²) < 4.78 is 26.8. The molecule has 0 fully saturated rings. The smallest absolute Gasteiger partial charge is 0.311 e. The van der Waals surface area contributed by atoms with Gasteiger partial charge in [0, 0.05) is 28.7 Å². The van der Waals surface area contributed by atoms with Gasteiger partial charge in [-0.3, -0.25) is 4.79 Å². The van der Waals surface area contributed by atoms with Crippen LogP contribution < -0.4 is 0 Å². The van der Waals surface area contributed by atoms with Gasteiger partial charge in [0.2, 0.25) is 0 Å². The molecule has 3 N–H and O–H groups in total. The lowest BCUT2D eigenvalue weighted by Gasteiger charge is -2.17. The van der Waals surface area contributed by atoms with Crippen LogP contribution in [0.15, 0.2) is 48.7 Å². The van der Waals surface area contributed by atoms with E-state index in [9.17, 15) is 23.8 Å². The summed E-state index contributed by atoms with van der Waals surface area (Å²) in [5.41, 5.74) is 1.17. The molecule has 3 aromatic rings. The monoisotopic (exact) mass is 331 g/mol. The standard InChI is InChI=1S/C18H15F2NO3/c19-10-5-6-12(15(20)7-10)17(22)8-13(18(23)24)14-9-21-16-4-2-1-3-11(14)16/h1-7,9,13,17,21-22H,8H2,(H,23,24). The highest BCUT2D eigenvalue weighted by Crippen LogP contribution is 2.33. The second-order valence-corrected chi connectivity index (χ2v) is 5.60. The molecule has 1 heterocycles. The van der Waals surface area contributed by atoms with Crippen molar-refractivity contribution in [2.75, 3.05) is 0 Å². The number of aromatic amines is 1. The number of benzene rings is 2. The summed E-state index contributed by atoms with van der Waals surface area (Å²) in [6.07, 6.45) is -0.00271. The van der Waals surface area contributed by atoms with E-state index in [0.29, 0.717) is 11.6 Å². The molecular formula is C18H15F2NO3. The van der Waals surface area contributed by atoms with Crippen molar-refractivity contribution in [2.24, 2.45) is 0 Å². The van der Waals surface area contributed by atoms with Gasteiger partial charge in [0.05, 0.1) is 12.0 Å². The first-order chi connectivity index (χ1) is 11.5. The normalized spacial score (nSPS) is 13.8. The molecule has 4 nitrogen and oxygen atoms in total. The summed E-state index contributed by atoms with van der Waals surface area (Å²) in [6.45, 7) is 0.